The molecular weight excluding hydrogens is 242 g/mol. The summed E-state index contributed by atoms with van der Waals surface area (Å²) in [6, 6.07) is 7.46. The van der Waals surface area contributed by atoms with Crippen molar-refractivity contribution in [3.05, 3.63) is 24.3 Å². The standard InChI is InChI=1S/C14H21N3O2/c1-2-13-9-12(6-7-19-13)16-10-4-3-5-11(8-10)17-14(15)18/h3-5,8,12-13,16H,2,6-7,9H2,1H3,(H3,15,17,18). The van der Waals surface area contributed by atoms with E-state index in [0.29, 0.717) is 17.8 Å². The van der Waals surface area contributed by atoms with Crippen LogP contribution in [-0.4, -0.2) is 24.8 Å². The van der Waals surface area contributed by atoms with E-state index in [1.807, 2.05) is 24.3 Å². The number of carbonyl (C=O) groups excluding carboxylic acids is 1. The van der Waals surface area contributed by atoms with Gasteiger partial charge >= 0.3 is 6.03 Å². The van der Waals surface area contributed by atoms with Gasteiger partial charge in [-0.25, -0.2) is 4.79 Å². The number of hydrogen-bond donors (Lipinski definition) is 3. The number of nitrogens with one attached hydrogen (secondary N) is 2. The number of benzene rings is 1. The fourth-order valence-corrected chi connectivity index (χ4v) is 2.36. The minimum atomic E-state index is -0.547. The first-order valence-corrected chi connectivity index (χ1v) is 6.72. The van der Waals surface area contributed by atoms with Crippen molar-refractivity contribution in [1.82, 2.24) is 0 Å². The molecule has 19 heavy (non-hydrogen) atoms. The highest BCUT2D eigenvalue weighted by Crippen LogP contribution is 2.22. The van der Waals surface area contributed by atoms with Gasteiger partial charge in [-0.2, -0.15) is 0 Å². The third-order valence-electron chi connectivity index (χ3n) is 3.32. The maximum Gasteiger partial charge on any atom is 0.316 e. The quantitative estimate of drug-likeness (QED) is 0.781. The van der Waals surface area contributed by atoms with Crippen LogP contribution in [0.15, 0.2) is 24.3 Å². The van der Waals surface area contributed by atoms with Crippen LogP contribution in [0.4, 0.5) is 16.2 Å². The van der Waals surface area contributed by atoms with Crippen LogP contribution in [-0.2, 0) is 4.74 Å². The first-order chi connectivity index (χ1) is 9.17. The van der Waals surface area contributed by atoms with Crippen molar-refractivity contribution in [1.29, 1.82) is 0 Å². The van der Waals surface area contributed by atoms with Crippen molar-refractivity contribution in [2.24, 2.45) is 5.73 Å². The summed E-state index contributed by atoms with van der Waals surface area (Å²) in [6.45, 7) is 2.94. The zero-order valence-corrected chi connectivity index (χ0v) is 11.2. The second-order valence-electron chi connectivity index (χ2n) is 4.84. The van der Waals surface area contributed by atoms with Crippen LogP contribution in [0.5, 0.6) is 0 Å². The van der Waals surface area contributed by atoms with E-state index in [2.05, 4.69) is 17.6 Å². The summed E-state index contributed by atoms with van der Waals surface area (Å²) < 4.78 is 5.66. The molecule has 0 bridgehead atoms. The van der Waals surface area contributed by atoms with E-state index in [-0.39, 0.29) is 0 Å². The lowest BCUT2D eigenvalue weighted by atomic mass is 10.0. The SMILES string of the molecule is CCC1CC(Nc2cccc(NC(N)=O)c2)CCO1. The van der Waals surface area contributed by atoms with Crippen molar-refractivity contribution in [2.45, 2.75) is 38.3 Å². The Morgan fingerprint density at radius 2 is 2.26 bits per heavy atom. The van der Waals surface area contributed by atoms with Crippen LogP contribution in [0, 0.1) is 0 Å². The molecule has 5 heteroatoms. The lowest BCUT2D eigenvalue weighted by Gasteiger charge is -2.30. The molecule has 0 saturated carbocycles. The molecular formula is C14H21N3O2. The Bertz CT molecular complexity index is 436. The van der Waals surface area contributed by atoms with E-state index in [1.54, 1.807) is 0 Å². The van der Waals surface area contributed by atoms with Gasteiger partial charge in [-0.05, 0) is 37.5 Å². The number of hydrogen-bond acceptors (Lipinski definition) is 3. The Balaban J connectivity index is 1.96. The Morgan fingerprint density at radius 1 is 1.47 bits per heavy atom. The van der Waals surface area contributed by atoms with Crippen LogP contribution < -0.4 is 16.4 Å². The number of urea groups is 1. The zero-order valence-electron chi connectivity index (χ0n) is 11.2. The highest BCUT2D eigenvalue weighted by atomic mass is 16.5. The van der Waals surface area contributed by atoms with Crippen molar-refractivity contribution < 1.29 is 9.53 Å². The second-order valence-corrected chi connectivity index (χ2v) is 4.84. The lowest BCUT2D eigenvalue weighted by Crippen LogP contribution is -2.33. The number of anilines is 2. The molecule has 0 spiro atoms. The Labute approximate surface area is 113 Å². The van der Waals surface area contributed by atoms with Crippen molar-refractivity contribution in [3.8, 4) is 0 Å². The summed E-state index contributed by atoms with van der Waals surface area (Å²) >= 11 is 0. The number of nitrogens with two attached hydrogens (primary N) is 1. The first-order valence-electron chi connectivity index (χ1n) is 6.72. The van der Waals surface area contributed by atoms with Gasteiger partial charge in [0.1, 0.15) is 0 Å². The molecule has 1 fully saturated rings. The highest BCUT2D eigenvalue weighted by molar-refractivity contribution is 5.88. The van der Waals surface area contributed by atoms with Gasteiger partial charge in [0, 0.05) is 24.0 Å². The molecule has 2 atom stereocenters. The summed E-state index contributed by atoms with van der Waals surface area (Å²) in [4.78, 5) is 10.8. The van der Waals surface area contributed by atoms with Gasteiger partial charge in [-0.1, -0.05) is 13.0 Å². The van der Waals surface area contributed by atoms with E-state index in [0.717, 1.165) is 31.6 Å². The molecule has 0 aliphatic carbocycles. The second kappa shape index (κ2) is 6.43. The third kappa shape index (κ3) is 4.13. The molecule has 1 aliphatic heterocycles. The number of ether oxygens (including phenoxy) is 1. The van der Waals surface area contributed by atoms with E-state index in [4.69, 9.17) is 10.5 Å². The lowest BCUT2D eigenvalue weighted by molar-refractivity contribution is 0.00926. The molecule has 4 N–H and O–H groups in total. The van der Waals surface area contributed by atoms with Crippen LogP contribution in [0.25, 0.3) is 0 Å². The van der Waals surface area contributed by atoms with E-state index in [9.17, 15) is 4.79 Å². The van der Waals surface area contributed by atoms with Gasteiger partial charge in [0.05, 0.1) is 6.10 Å². The van der Waals surface area contributed by atoms with Gasteiger partial charge in [-0.3, -0.25) is 0 Å². The minimum Gasteiger partial charge on any atom is -0.382 e. The van der Waals surface area contributed by atoms with E-state index in [1.165, 1.54) is 0 Å². The van der Waals surface area contributed by atoms with Crippen molar-refractivity contribution in [2.75, 3.05) is 17.2 Å². The molecule has 104 valence electrons. The summed E-state index contributed by atoms with van der Waals surface area (Å²) in [5.74, 6) is 0. The summed E-state index contributed by atoms with van der Waals surface area (Å²) in [5, 5.41) is 6.06. The minimum absolute atomic E-state index is 0.346. The predicted octanol–water partition coefficient (Wildman–Crippen LogP) is 2.55. The molecule has 2 amide bonds. The van der Waals surface area contributed by atoms with Gasteiger partial charge in [0.2, 0.25) is 0 Å². The molecule has 2 unspecified atom stereocenters. The average Bonchev–Trinajstić information content (AvgIpc) is 2.38. The van der Waals surface area contributed by atoms with Crippen molar-refractivity contribution >= 4 is 17.4 Å². The Morgan fingerprint density at radius 3 is 3.00 bits per heavy atom. The predicted molar refractivity (Wildman–Crippen MR) is 76.3 cm³/mol. The van der Waals surface area contributed by atoms with Gasteiger partial charge < -0.3 is 21.1 Å². The molecule has 0 aromatic heterocycles. The molecule has 1 aromatic carbocycles. The van der Waals surface area contributed by atoms with Gasteiger partial charge in [-0.15, -0.1) is 0 Å². The smallest absolute Gasteiger partial charge is 0.316 e. The molecule has 5 nitrogen and oxygen atoms in total. The van der Waals surface area contributed by atoms with Gasteiger partial charge in [0.15, 0.2) is 0 Å². The van der Waals surface area contributed by atoms with Crippen LogP contribution in [0.1, 0.15) is 26.2 Å². The Kier molecular flexibility index (Phi) is 4.63. The molecule has 0 radical (unpaired) electrons. The van der Waals surface area contributed by atoms with E-state index >= 15 is 0 Å². The normalized spacial score (nSPS) is 22.8. The molecule has 1 aliphatic rings. The fourth-order valence-electron chi connectivity index (χ4n) is 2.36. The summed E-state index contributed by atoms with van der Waals surface area (Å²) in [7, 11) is 0. The average molecular weight is 263 g/mol. The molecule has 1 heterocycles. The molecule has 1 saturated heterocycles. The Hall–Kier alpha value is -1.75. The zero-order chi connectivity index (χ0) is 13.7. The largest absolute Gasteiger partial charge is 0.382 e. The fraction of sp³-hybridized carbons (Fsp3) is 0.500. The monoisotopic (exact) mass is 263 g/mol. The highest BCUT2D eigenvalue weighted by Gasteiger charge is 2.20. The summed E-state index contributed by atoms with van der Waals surface area (Å²) in [5.41, 5.74) is 6.81. The molecule has 2 rings (SSSR count). The molecule has 1 aromatic rings. The first kappa shape index (κ1) is 13.7. The summed E-state index contributed by atoms with van der Waals surface area (Å²) in [6.07, 6.45) is 3.41. The van der Waals surface area contributed by atoms with E-state index < -0.39 is 6.03 Å². The van der Waals surface area contributed by atoms with Crippen LogP contribution in [0.3, 0.4) is 0 Å². The number of primary amides is 1. The number of carbonyl (C=O) groups is 1. The topological polar surface area (TPSA) is 76.4 Å². The maximum absolute atomic E-state index is 10.8. The number of amides is 2. The number of rotatable bonds is 4. The van der Waals surface area contributed by atoms with Crippen LogP contribution in [0.2, 0.25) is 0 Å². The maximum atomic E-state index is 10.8. The third-order valence-corrected chi connectivity index (χ3v) is 3.32. The van der Waals surface area contributed by atoms with Crippen LogP contribution >= 0.6 is 0 Å². The van der Waals surface area contributed by atoms with Gasteiger partial charge in [0.25, 0.3) is 0 Å². The van der Waals surface area contributed by atoms with Crippen molar-refractivity contribution in [3.63, 3.8) is 0 Å².